The van der Waals surface area contributed by atoms with Gasteiger partial charge in [0.15, 0.2) is 0 Å². The van der Waals surface area contributed by atoms with E-state index >= 15 is 0 Å². The van der Waals surface area contributed by atoms with Crippen molar-refractivity contribution in [2.24, 2.45) is 0 Å². The van der Waals surface area contributed by atoms with Gasteiger partial charge in [0.1, 0.15) is 5.75 Å². The number of fused-ring (bicyclic) bond motifs is 1. The van der Waals surface area contributed by atoms with Crippen LogP contribution in [0, 0.1) is 0 Å². The number of pyridine rings is 1. The highest BCUT2D eigenvalue weighted by atomic mass is 16.5. The van der Waals surface area contributed by atoms with Crippen molar-refractivity contribution in [3.63, 3.8) is 0 Å². The molecule has 2 N–H and O–H groups in total. The molecule has 0 atom stereocenters. The number of nitrogens with one attached hydrogen (secondary N) is 1. The Morgan fingerprint density at radius 3 is 2.81 bits per heavy atom. The molecule has 0 spiro atoms. The van der Waals surface area contributed by atoms with Crippen LogP contribution < -0.4 is 4.74 Å². The second-order valence-corrected chi connectivity index (χ2v) is 3.10. The first-order chi connectivity index (χ1) is 7.65. The number of H-pyrrole nitrogens is 1. The topological polar surface area (TPSA) is 92.3 Å². The lowest BCUT2D eigenvalue weighted by molar-refractivity contribution is -0.131. The lowest BCUT2D eigenvalue weighted by Gasteiger charge is -2.01. The number of hydrogen-bond donors (Lipinski definition) is 2. The molecule has 6 nitrogen and oxygen atoms in total. The fourth-order valence-electron chi connectivity index (χ4n) is 1.50. The van der Waals surface area contributed by atoms with Gasteiger partial charge in [0.05, 0.1) is 36.0 Å². The van der Waals surface area contributed by atoms with Crippen LogP contribution in [0.25, 0.3) is 10.9 Å². The lowest BCUT2D eigenvalue weighted by Crippen LogP contribution is -2.12. The first-order valence-corrected chi connectivity index (χ1v) is 4.42. The third-order valence-corrected chi connectivity index (χ3v) is 2.21. The predicted molar refractivity (Wildman–Crippen MR) is 54.6 cm³/mol. The molecular weight excluding hydrogens is 212 g/mol. The summed E-state index contributed by atoms with van der Waals surface area (Å²) >= 11 is 0. The number of Topliss-reactive ketones (excluding diaryl/α,β-unsaturated/α-hetero) is 1. The van der Waals surface area contributed by atoms with Crippen molar-refractivity contribution < 1.29 is 19.4 Å². The highest BCUT2D eigenvalue weighted by Crippen LogP contribution is 2.27. The van der Waals surface area contributed by atoms with E-state index in [4.69, 9.17) is 9.84 Å². The number of carbonyl (C=O) groups is 2. The van der Waals surface area contributed by atoms with Crippen LogP contribution in [0.15, 0.2) is 18.6 Å². The summed E-state index contributed by atoms with van der Waals surface area (Å²) in [5.74, 6) is -2.11. The molecule has 6 heteroatoms. The van der Waals surface area contributed by atoms with Crippen LogP contribution in [0.5, 0.6) is 5.75 Å². The van der Waals surface area contributed by atoms with E-state index < -0.39 is 11.8 Å². The molecule has 0 bridgehead atoms. The molecule has 2 aromatic heterocycles. The van der Waals surface area contributed by atoms with E-state index in [1.807, 2.05) is 0 Å². The normalized spacial score (nSPS) is 10.3. The number of hydrogen-bond acceptors (Lipinski definition) is 4. The number of aromatic amines is 1. The van der Waals surface area contributed by atoms with Crippen LogP contribution in [0.1, 0.15) is 10.4 Å². The number of ether oxygens (including phenoxy) is 1. The molecule has 16 heavy (non-hydrogen) atoms. The molecule has 2 heterocycles. The standard InChI is InChI=1S/C10H8N2O4/c1-16-7-4-11-3-6-8(7)5(2-12-6)9(13)10(14)15/h2-4,12H,1H3,(H,14,15). The van der Waals surface area contributed by atoms with Crippen molar-refractivity contribution >= 4 is 22.7 Å². The predicted octanol–water partition coefficient (Wildman–Crippen LogP) is 0.839. The zero-order chi connectivity index (χ0) is 11.7. The van der Waals surface area contributed by atoms with Crippen LogP contribution in [-0.4, -0.2) is 33.9 Å². The molecular formula is C10H8N2O4. The van der Waals surface area contributed by atoms with E-state index in [0.717, 1.165) is 0 Å². The third kappa shape index (κ3) is 1.40. The maximum atomic E-state index is 11.4. The van der Waals surface area contributed by atoms with Crippen LogP contribution >= 0.6 is 0 Å². The number of aliphatic carboxylic acids is 1. The zero-order valence-corrected chi connectivity index (χ0v) is 8.35. The monoisotopic (exact) mass is 220 g/mol. The molecule has 0 amide bonds. The van der Waals surface area contributed by atoms with Gasteiger partial charge in [0.2, 0.25) is 0 Å². The lowest BCUT2D eigenvalue weighted by atomic mass is 10.1. The average Bonchev–Trinajstić information content (AvgIpc) is 2.71. The number of carboxylic acids is 1. The van der Waals surface area contributed by atoms with Gasteiger partial charge >= 0.3 is 5.97 Å². The van der Waals surface area contributed by atoms with Crippen LogP contribution in [-0.2, 0) is 4.79 Å². The molecule has 0 aliphatic heterocycles. The summed E-state index contributed by atoms with van der Waals surface area (Å²) in [5.41, 5.74) is 0.630. The largest absolute Gasteiger partial charge is 0.494 e. The Morgan fingerprint density at radius 2 is 2.19 bits per heavy atom. The summed E-state index contributed by atoms with van der Waals surface area (Å²) in [6, 6.07) is 0. The van der Waals surface area contributed by atoms with Crippen LogP contribution in [0.2, 0.25) is 0 Å². The Kier molecular flexibility index (Phi) is 2.32. The molecule has 0 saturated heterocycles. The molecule has 0 radical (unpaired) electrons. The van der Waals surface area contributed by atoms with Gasteiger partial charge in [-0.2, -0.15) is 0 Å². The minimum absolute atomic E-state index is 0.0711. The Bertz CT molecular complexity index is 573. The number of methoxy groups -OCH3 is 1. The number of ketones is 1. The minimum Gasteiger partial charge on any atom is -0.494 e. The molecule has 0 aliphatic carbocycles. The fraction of sp³-hybridized carbons (Fsp3) is 0.100. The Balaban J connectivity index is 2.72. The van der Waals surface area contributed by atoms with Crippen LogP contribution in [0.4, 0.5) is 0 Å². The zero-order valence-electron chi connectivity index (χ0n) is 8.35. The summed E-state index contributed by atoms with van der Waals surface area (Å²) in [4.78, 5) is 28.7. The molecule has 0 aromatic carbocycles. The fourth-order valence-corrected chi connectivity index (χ4v) is 1.50. The van der Waals surface area contributed by atoms with E-state index in [2.05, 4.69) is 9.97 Å². The third-order valence-electron chi connectivity index (χ3n) is 2.21. The van der Waals surface area contributed by atoms with Crippen LogP contribution in [0.3, 0.4) is 0 Å². The molecule has 82 valence electrons. The van der Waals surface area contributed by atoms with Crippen molar-refractivity contribution in [2.45, 2.75) is 0 Å². The van der Waals surface area contributed by atoms with Gasteiger partial charge in [-0.3, -0.25) is 9.78 Å². The molecule has 0 aliphatic rings. The van der Waals surface area contributed by atoms with Gasteiger partial charge in [-0.1, -0.05) is 0 Å². The quantitative estimate of drug-likeness (QED) is 0.590. The Labute approximate surface area is 89.9 Å². The first-order valence-electron chi connectivity index (χ1n) is 4.42. The van der Waals surface area contributed by atoms with E-state index in [1.54, 1.807) is 0 Å². The Morgan fingerprint density at radius 1 is 1.44 bits per heavy atom. The molecule has 0 fully saturated rings. The van der Waals surface area contributed by atoms with Gasteiger partial charge in [-0.15, -0.1) is 0 Å². The smallest absolute Gasteiger partial charge is 0.377 e. The van der Waals surface area contributed by atoms with Crippen molar-refractivity contribution in [1.82, 2.24) is 9.97 Å². The van der Waals surface area contributed by atoms with Crippen molar-refractivity contribution in [3.05, 3.63) is 24.2 Å². The van der Waals surface area contributed by atoms with Gasteiger partial charge in [-0.25, -0.2) is 4.79 Å². The van der Waals surface area contributed by atoms with E-state index in [1.165, 1.54) is 25.7 Å². The maximum Gasteiger partial charge on any atom is 0.377 e. The highest BCUT2D eigenvalue weighted by molar-refractivity contribution is 6.42. The van der Waals surface area contributed by atoms with E-state index in [-0.39, 0.29) is 5.56 Å². The summed E-state index contributed by atoms with van der Waals surface area (Å²) in [7, 11) is 1.43. The number of nitrogens with zero attached hydrogens (tertiary/aromatic N) is 1. The van der Waals surface area contributed by atoms with Crippen molar-refractivity contribution in [3.8, 4) is 5.75 Å². The van der Waals surface area contributed by atoms with Crippen molar-refractivity contribution in [1.29, 1.82) is 0 Å². The second-order valence-electron chi connectivity index (χ2n) is 3.10. The minimum atomic E-state index is -1.50. The second kappa shape index (κ2) is 3.65. The maximum absolute atomic E-state index is 11.4. The summed E-state index contributed by atoms with van der Waals surface area (Å²) < 4.78 is 5.03. The van der Waals surface area contributed by atoms with Gasteiger partial charge in [0.25, 0.3) is 5.78 Å². The number of carbonyl (C=O) groups excluding carboxylic acids is 1. The molecule has 2 rings (SSSR count). The van der Waals surface area contributed by atoms with Crippen molar-refractivity contribution in [2.75, 3.05) is 7.11 Å². The van der Waals surface area contributed by atoms with Gasteiger partial charge in [-0.05, 0) is 0 Å². The number of aromatic nitrogens is 2. The number of carboxylic acid groups (broad SMARTS) is 1. The molecule has 0 saturated carbocycles. The van der Waals surface area contributed by atoms with E-state index in [0.29, 0.717) is 16.7 Å². The molecule has 0 unspecified atom stereocenters. The average molecular weight is 220 g/mol. The highest BCUT2D eigenvalue weighted by Gasteiger charge is 2.21. The summed E-state index contributed by atoms with van der Waals surface area (Å²) in [6.45, 7) is 0. The molecule has 2 aromatic rings. The summed E-state index contributed by atoms with van der Waals surface area (Å²) in [6.07, 6.45) is 4.26. The summed E-state index contributed by atoms with van der Waals surface area (Å²) in [5, 5.41) is 9.09. The van der Waals surface area contributed by atoms with Gasteiger partial charge in [0, 0.05) is 6.20 Å². The first kappa shape index (κ1) is 10.2. The van der Waals surface area contributed by atoms with E-state index in [9.17, 15) is 9.59 Å². The van der Waals surface area contributed by atoms with Gasteiger partial charge < -0.3 is 14.8 Å². The SMILES string of the molecule is COc1cncc2[nH]cc(C(=O)C(=O)O)c12. The number of rotatable bonds is 3. The Hall–Kier alpha value is -2.37.